The Morgan fingerprint density at radius 2 is 1.86 bits per heavy atom. The van der Waals surface area contributed by atoms with Gasteiger partial charge in [-0.1, -0.05) is 35.9 Å². The number of rotatable bonds is 6. The number of amides is 2. The number of carbonyl (C=O) groups excluding carboxylic acids is 2. The summed E-state index contributed by atoms with van der Waals surface area (Å²) in [5, 5.41) is 7.59. The van der Waals surface area contributed by atoms with Gasteiger partial charge in [-0.2, -0.15) is 0 Å². The number of thiophene rings is 1. The van der Waals surface area contributed by atoms with Crippen molar-refractivity contribution in [3.63, 3.8) is 0 Å². The maximum Gasteiger partial charge on any atom is 0.272 e. The zero-order valence-corrected chi connectivity index (χ0v) is 17.2. The van der Waals surface area contributed by atoms with Gasteiger partial charge in [-0.05, 0) is 55.0 Å². The van der Waals surface area contributed by atoms with Crippen LogP contribution in [0.3, 0.4) is 0 Å². The summed E-state index contributed by atoms with van der Waals surface area (Å²) in [4.78, 5) is 27.5. The highest BCUT2D eigenvalue weighted by molar-refractivity contribution is 7.98. The van der Waals surface area contributed by atoms with Crippen molar-refractivity contribution in [2.24, 2.45) is 0 Å². The standard InChI is InChI=1S/C22H20N2O2S2/c1-15-7-5-8-16(13-15)21(25)24-19(14-17-9-6-12-28-17)22(26)23-18-10-3-4-11-20(18)27-2/h3-14H,1-2H3,(H,23,26)(H,24,25)/b19-14-. The van der Waals surface area contributed by atoms with Crippen molar-refractivity contribution in [1.29, 1.82) is 0 Å². The maximum absolute atomic E-state index is 12.9. The summed E-state index contributed by atoms with van der Waals surface area (Å²) in [6.07, 6.45) is 3.64. The SMILES string of the molecule is CSc1ccccc1NC(=O)/C(=C/c1cccs1)NC(=O)c1cccc(C)c1. The molecule has 1 heterocycles. The second kappa shape index (κ2) is 9.39. The molecule has 0 radical (unpaired) electrons. The minimum Gasteiger partial charge on any atom is -0.320 e. The first-order valence-electron chi connectivity index (χ1n) is 8.64. The van der Waals surface area contributed by atoms with Gasteiger partial charge in [-0.25, -0.2) is 0 Å². The average Bonchev–Trinajstić information content (AvgIpc) is 3.21. The quantitative estimate of drug-likeness (QED) is 0.436. The summed E-state index contributed by atoms with van der Waals surface area (Å²) in [5.41, 5.74) is 2.40. The monoisotopic (exact) mass is 408 g/mol. The second-order valence-corrected chi connectivity index (χ2v) is 7.88. The van der Waals surface area contributed by atoms with Gasteiger partial charge in [-0.15, -0.1) is 23.1 Å². The first-order chi connectivity index (χ1) is 13.6. The topological polar surface area (TPSA) is 58.2 Å². The van der Waals surface area contributed by atoms with Crippen LogP contribution < -0.4 is 10.6 Å². The third-order valence-electron chi connectivity index (χ3n) is 3.96. The Hall–Kier alpha value is -2.83. The zero-order valence-electron chi connectivity index (χ0n) is 15.6. The van der Waals surface area contributed by atoms with E-state index in [2.05, 4.69) is 10.6 Å². The Kier molecular flexibility index (Phi) is 6.68. The highest BCUT2D eigenvalue weighted by Gasteiger charge is 2.16. The number of para-hydroxylation sites is 1. The molecule has 0 spiro atoms. The van der Waals surface area contributed by atoms with Gasteiger partial charge in [0.1, 0.15) is 5.70 Å². The highest BCUT2D eigenvalue weighted by Crippen LogP contribution is 2.25. The predicted molar refractivity (Wildman–Crippen MR) is 118 cm³/mol. The van der Waals surface area contributed by atoms with Gasteiger partial charge >= 0.3 is 0 Å². The average molecular weight is 409 g/mol. The molecule has 2 amide bonds. The van der Waals surface area contributed by atoms with Crippen LogP contribution in [0.15, 0.2) is 76.6 Å². The van der Waals surface area contributed by atoms with E-state index in [0.29, 0.717) is 11.3 Å². The molecule has 0 aliphatic heterocycles. The molecule has 142 valence electrons. The Balaban J connectivity index is 1.87. The van der Waals surface area contributed by atoms with Crippen LogP contribution in [0.1, 0.15) is 20.8 Å². The van der Waals surface area contributed by atoms with E-state index >= 15 is 0 Å². The molecule has 0 unspecified atom stereocenters. The van der Waals surface area contributed by atoms with Crippen molar-refractivity contribution >= 4 is 46.7 Å². The van der Waals surface area contributed by atoms with E-state index in [1.807, 2.05) is 67.1 Å². The molecule has 2 aromatic carbocycles. The largest absolute Gasteiger partial charge is 0.320 e. The molecule has 0 atom stereocenters. The summed E-state index contributed by atoms with van der Waals surface area (Å²) in [5.74, 6) is -0.685. The van der Waals surface area contributed by atoms with Crippen molar-refractivity contribution in [1.82, 2.24) is 5.32 Å². The van der Waals surface area contributed by atoms with E-state index in [9.17, 15) is 9.59 Å². The number of hydrogen-bond donors (Lipinski definition) is 2. The van der Waals surface area contributed by atoms with Gasteiger partial charge in [0.05, 0.1) is 5.69 Å². The second-order valence-electron chi connectivity index (χ2n) is 6.05. The first-order valence-corrected chi connectivity index (χ1v) is 10.7. The third kappa shape index (κ3) is 5.12. The lowest BCUT2D eigenvalue weighted by Crippen LogP contribution is -2.30. The van der Waals surface area contributed by atoms with E-state index in [4.69, 9.17) is 0 Å². The van der Waals surface area contributed by atoms with Crippen molar-refractivity contribution in [3.8, 4) is 0 Å². The summed E-state index contributed by atoms with van der Waals surface area (Å²) < 4.78 is 0. The third-order valence-corrected chi connectivity index (χ3v) is 5.57. The van der Waals surface area contributed by atoms with Crippen LogP contribution >= 0.6 is 23.1 Å². The lowest BCUT2D eigenvalue weighted by atomic mass is 10.1. The van der Waals surface area contributed by atoms with Gasteiger partial charge in [0.2, 0.25) is 0 Å². The van der Waals surface area contributed by atoms with Gasteiger partial charge in [0, 0.05) is 15.3 Å². The maximum atomic E-state index is 12.9. The molecule has 0 aliphatic rings. The molecule has 0 bridgehead atoms. The fraction of sp³-hybridized carbons (Fsp3) is 0.0909. The molecule has 1 aromatic heterocycles. The number of nitrogens with one attached hydrogen (secondary N) is 2. The van der Waals surface area contributed by atoms with Crippen LogP contribution in [0.2, 0.25) is 0 Å². The highest BCUT2D eigenvalue weighted by atomic mass is 32.2. The Bertz CT molecular complexity index is 1010. The van der Waals surface area contributed by atoms with Crippen molar-refractivity contribution in [3.05, 3.63) is 87.7 Å². The molecule has 3 rings (SSSR count). The molecule has 6 heteroatoms. The number of benzene rings is 2. The lowest BCUT2D eigenvalue weighted by Gasteiger charge is -2.13. The molecule has 28 heavy (non-hydrogen) atoms. The fourth-order valence-electron chi connectivity index (χ4n) is 2.59. The summed E-state index contributed by atoms with van der Waals surface area (Å²) in [6.45, 7) is 1.92. The lowest BCUT2D eigenvalue weighted by molar-refractivity contribution is -0.113. The van der Waals surface area contributed by atoms with E-state index in [-0.39, 0.29) is 17.5 Å². The van der Waals surface area contributed by atoms with Gasteiger partial charge in [0.25, 0.3) is 11.8 Å². The number of carbonyl (C=O) groups is 2. The van der Waals surface area contributed by atoms with Crippen molar-refractivity contribution < 1.29 is 9.59 Å². The van der Waals surface area contributed by atoms with Crippen LogP contribution in [-0.2, 0) is 4.79 Å². The summed E-state index contributed by atoms with van der Waals surface area (Å²) in [7, 11) is 0. The molecule has 2 N–H and O–H groups in total. The molecule has 0 fully saturated rings. The zero-order chi connectivity index (χ0) is 19.9. The van der Waals surface area contributed by atoms with E-state index in [1.54, 1.807) is 30.0 Å². The first kappa shape index (κ1) is 19.9. The van der Waals surface area contributed by atoms with Crippen LogP contribution in [0, 0.1) is 6.92 Å². The molecular formula is C22H20N2O2S2. The predicted octanol–water partition coefficient (Wildman–Crippen LogP) is 5.19. The van der Waals surface area contributed by atoms with Crippen LogP contribution in [0.4, 0.5) is 5.69 Å². The molecule has 4 nitrogen and oxygen atoms in total. The van der Waals surface area contributed by atoms with Gasteiger partial charge in [0.15, 0.2) is 0 Å². The van der Waals surface area contributed by atoms with Crippen LogP contribution in [-0.4, -0.2) is 18.1 Å². The number of anilines is 1. The smallest absolute Gasteiger partial charge is 0.272 e. The van der Waals surface area contributed by atoms with E-state index in [0.717, 1.165) is 15.3 Å². The number of hydrogen-bond acceptors (Lipinski definition) is 4. The van der Waals surface area contributed by atoms with Crippen LogP contribution in [0.25, 0.3) is 6.08 Å². The number of aryl methyl sites for hydroxylation is 1. The minimum absolute atomic E-state index is 0.199. The summed E-state index contributed by atoms with van der Waals surface area (Å²) >= 11 is 3.04. The molecular weight excluding hydrogens is 388 g/mol. The van der Waals surface area contributed by atoms with Crippen molar-refractivity contribution in [2.45, 2.75) is 11.8 Å². The Morgan fingerprint density at radius 3 is 2.57 bits per heavy atom. The number of thioether (sulfide) groups is 1. The van der Waals surface area contributed by atoms with E-state index < -0.39 is 0 Å². The Labute approximate surface area is 172 Å². The Morgan fingerprint density at radius 1 is 1.04 bits per heavy atom. The summed E-state index contributed by atoms with van der Waals surface area (Å²) in [6, 6.07) is 18.6. The molecule has 0 aliphatic carbocycles. The van der Waals surface area contributed by atoms with Gasteiger partial charge < -0.3 is 10.6 Å². The van der Waals surface area contributed by atoms with E-state index in [1.165, 1.54) is 11.3 Å². The van der Waals surface area contributed by atoms with Crippen LogP contribution in [0.5, 0.6) is 0 Å². The molecule has 3 aromatic rings. The van der Waals surface area contributed by atoms with Crippen molar-refractivity contribution in [2.75, 3.05) is 11.6 Å². The molecule has 0 saturated heterocycles. The normalized spacial score (nSPS) is 11.1. The van der Waals surface area contributed by atoms with Gasteiger partial charge in [-0.3, -0.25) is 9.59 Å². The fourth-order valence-corrected chi connectivity index (χ4v) is 3.80. The molecule has 0 saturated carbocycles. The minimum atomic E-state index is -0.365.